The molecule has 0 radical (unpaired) electrons. The van der Waals surface area contributed by atoms with Gasteiger partial charge >= 0.3 is 0 Å². The third-order valence-electron chi connectivity index (χ3n) is 2.51. The average Bonchev–Trinajstić information content (AvgIpc) is 2.80. The second kappa shape index (κ2) is 5.17. The monoisotopic (exact) mass is 217 g/mol. The van der Waals surface area contributed by atoms with Crippen molar-refractivity contribution in [2.45, 2.75) is 12.3 Å². The molecule has 1 nitrogen and oxygen atoms in total. The van der Waals surface area contributed by atoms with Crippen LogP contribution in [0.15, 0.2) is 48.0 Å². The van der Waals surface area contributed by atoms with Gasteiger partial charge in [-0.05, 0) is 12.0 Å². The van der Waals surface area contributed by atoms with Gasteiger partial charge in [0.05, 0.1) is 5.04 Å². The SMILES string of the molecule is C=CC[C@@H](C1=NCCS1)c1ccccc1. The molecular formula is C13H15NS. The second-order valence-electron chi connectivity index (χ2n) is 3.56. The van der Waals surface area contributed by atoms with Crippen molar-refractivity contribution in [3.8, 4) is 0 Å². The van der Waals surface area contributed by atoms with Gasteiger partial charge in [0.15, 0.2) is 0 Å². The molecule has 78 valence electrons. The van der Waals surface area contributed by atoms with Gasteiger partial charge < -0.3 is 0 Å². The van der Waals surface area contributed by atoms with E-state index in [1.807, 2.05) is 17.8 Å². The zero-order valence-electron chi connectivity index (χ0n) is 8.73. The van der Waals surface area contributed by atoms with Gasteiger partial charge in [0.25, 0.3) is 0 Å². The van der Waals surface area contributed by atoms with Crippen LogP contribution in [0.2, 0.25) is 0 Å². The molecule has 0 fully saturated rings. The zero-order chi connectivity index (χ0) is 10.5. The van der Waals surface area contributed by atoms with Crippen molar-refractivity contribution in [1.82, 2.24) is 0 Å². The smallest absolute Gasteiger partial charge is 0.0754 e. The highest BCUT2D eigenvalue weighted by Gasteiger charge is 2.19. The van der Waals surface area contributed by atoms with Crippen molar-refractivity contribution in [3.63, 3.8) is 0 Å². The number of rotatable bonds is 4. The van der Waals surface area contributed by atoms with Gasteiger partial charge in [-0.15, -0.1) is 18.3 Å². The van der Waals surface area contributed by atoms with Crippen LogP contribution in [0.25, 0.3) is 0 Å². The van der Waals surface area contributed by atoms with Crippen molar-refractivity contribution in [2.75, 3.05) is 12.3 Å². The second-order valence-corrected chi connectivity index (χ2v) is 4.67. The highest BCUT2D eigenvalue weighted by molar-refractivity contribution is 8.14. The minimum absolute atomic E-state index is 0.427. The Labute approximate surface area is 95.3 Å². The summed E-state index contributed by atoms with van der Waals surface area (Å²) in [6.45, 7) is 4.81. The van der Waals surface area contributed by atoms with Gasteiger partial charge in [-0.1, -0.05) is 36.4 Å². The maximum absolute atomic E-state index is 4.56. The molecule has 1 aromatic carbocycles. The van der Waals surface area contributed by atoms with Crippen LogP contribution in [0.3, 0.4) is 0 Å². The molecule has 1 heterocycles. The lowest BCUT2D eigenvalue weighted by atomic mass is 9.97. The first-order valence-electron chi connectivity index (χ1n) is 5.25. The maximum Gasteiger partial charge on any atom is 0.0754 e. The number of hydrogen-bond donors (Lipinski definition) is 0. The summed E-state index contributed by atoms with van der Waals surface area (Å²) in [7, 11) is 0. The Balaban J connectivity index is 2.23. The Morgan fingerprint density at radius 2 is 2.20 bits per heavy atom. The van der Waals surface area contributed by atoms with Crippen LogP contribution in [-0.2, 0) is 0 Å². The van der Waals surface area contributed by atoms with E-state index in [1.165, 1.54) is 10.6 Å². The van der Waals surface area contributed by atoms with Crippen LogP contribution in [-0.4, -0.2) is 17.3 Å². The lowest BCUT2D eigenvalue weighted by molar-refractivity contribution is 0.918. The van der Waals surface area contributed by atoms with E-state index < -0.39 is 0 Å². The quantitative estimate of drug-likeness (QED) is 0.703. The third kappa shape index (κ3) is 2.51. The first-order chi connectivity index (χ1) is 7.42. The summed E-state index contributed by atoms with van der Waals surface area (Å²) in [5.74, 6) is 1.56. The van der Waals surface area contributed by atoms with Crippen molar-refractivity contribution in [2.24, 2.45) is 4.99 Å². The van der Waals surface area contributed by atoms with Crippen molar-refractivity contribution >= 4 is 16.8 Å². The Bertz CT molecular complexity index is 356. The third-order valence-corrected chi connectivity index (χ3v) is 3.61. The summed E-state index contributed by atoms with van der Waals surface area (Å²) in [5.41, 5.74) is 1.35. The molecule has 0 unspecified atom stereocenters. The molecule has 1 aromatic rings. The predicted molar refractivity (Wildman–Crippen MR) is 68.8 cm³/mol. The van der Waals surface area contributed by atoms with Gasteiger partial charge in [0.1, 0.15) is 0 Å². The predicted octanol–water partition coefficient (Wildman–Crippen LogP) is 3.49. The molecule has 0 aromatic heterocycles. The van der Waals surface area contributed by atoms with Gasteiger partial charge in [-0.25, -0.2) is 0 Å². The highest BCUT2D eigenvalue weighted by atomic mass is 32.2. The number of nitrogens with zero attached hydrogens (tertiary/aromatic N) is 1. The van der Waals surface area contributed by atoms with Crippen LogP contribution in [0.4, 0.5) is 0 Å². The van der Waals surface area contributed by atoms with E-state index in [9.17, 15) is 0 Å². The van der Waals surface area contributed by atoms with E-state index in [0.717, 1.165) is 18.7 Å². The van der Waals surface area contributed by atoms with E-state index in [2.05, 4.69) is 41.9 Å². The number of allylic oxidation sites excluding steroid dienone is 1. The number of hydrogen-bond acceptors (Lipinski definition) is 2. The van der Waals surface area contributed by atoms with Crippen LogP contribution in [0.5, 0.6) is 0 Å². The Kier molecular flexibility index (Phi) is 3.62. The minimum Gasteiger partial charge on any atom is -0.281 e. The number of aliphatic imine (C=N–C) groups is 1. The Morgan fingerprint density at radius 1 is 1.40 bits per heavy atom. The van der Waals surface area contributed by atoms with Crippen molar-refractivity contribution in [1.29, 1.82) is 0 Å². The maximum atomic E-state index is 4.56. The standard InChI is InChI=1S/C13H15NS/c1-2-6-12(13-14-9-10-15-13)11-7-4-3-5-8-11/h2-5,7-8,12H,1,6,9-10H2/t12-/m1/s1. The first kappa shape index (κ1) is 10.5. The molecule has 1 aliphatic rings. The van der Waals surface area contributed by atoms with Crippen LogP contribution < -0.4 is 0 Å². The summed E-state index contributed by atoms with van der Waals surface area (Å²) in [5, 5.41) is 1.28. The molecular weight excluding hydrogens is 202 g/mol. The van der Waals surface area contributed by atoms with Crippen molar-refractivity contribution in [3.05, 3.63) is 48.6 Å². The topological polar surface area (TPSA) is 12.4 Å². The number of thioether (sulfide) groups is 1. The highest BCUT2D eigenvalue weighted by Crippen LogP contribution is 2.30. The molecule has 0 N–H and O–H groups in total. The van der Waals surface area contributed by atoms with Crippen LogP contribution in [0.1, 0.15) is 17.9 Å². The van der Waals surface area contributed by atoms with Crippen LogP contribution in [0, 0.1) is 0 Å². The molecule has 0 bridgehead atoms. The normalized spacial score (nSPS) is 17.2. The molecule has 1 aliphatic heterocycles. The molecule has 1 atom stereocenters. The lowest BCUT2D eigenvalue weighted by Gasteiger charge is -2.14. The molecule has 0 saturated carbocycles. The van der Waals surface area contributed by atoms with Gasteiger partial charge in [-0.3, -0.25) is 4.99 Å². The van der Waals surface area contributed by atoms with E-state index in [0.29, 0.717) is 5.92 Å². The molecule has 2 rings (SSSR count). The molecule has 2 heteroatoms. The van der Waals surface area contributed by atoms with Crippen LogP contribution >= 0.6 is 11.8 Å². The number of benzene rings is 1. The summed E-state index contributed by atoms with van der Waals surface area (Å²) in [6, 6.07) is 10.6. The zero-order valence-corrected chi connectivity index (χ0v) is 9.54. The Morgan fingerprint density at radius 3 is 2.80 bits per heavy atom. The van der Waals surface area contributed by atoms with E-state index in [1.54, 1.807) is 0 Å². The van der Waals surface area contributed by atoms with Gasteiger partial charge in [0.2, 0.25) is 0 Å². The fourth-order valence-corrected chi connectivity index (χ4v) is 2.80. The summed E-state index contributed by atoms with van der Waals surface area (Å²) >= 11 is 1.89. The Hall–Kier alpha value is -1.02. The van der Waals surface area contributed by atoms with Gasteiger partial charge in [0, 0.05) is 18.2 Å². The molecule has 0 amide bonds. The van der Waals surface area contributed by atoms with Crippen molar-refractivity contribution < 1.29 is 0 Å². The van der Waals surface area contributed by atoms with E-state index in [-0.39, 0.29) is 0 Å². The molecule has 15 heavy (non-hydrogen) atoms. The molecule has 0 saturated heterocycles. The fourth-order valence-electron chi connectivity index (χ4n) is 1.79. The summed E-state index contributed by atoms with van der Waals surface area (Å²) in [4.78, 5) is 4.56. The molecule has 0 aliphatic carbocycles. The summed E-state index contributed by atoms with van der Waals surface area (Å²) in [6.07, 6.45) is 2.97. The molecule has 0 spiro atoms. The first-order valence-corrected chi connectivity index (χ1v) is 6.23. The van der Waals surface area contributed by atoms with Gasteiger partial charge in [-0.2, -0.15) is 0 Å². The largest absolute Gasteiger partial charge is 0.281 e. The lowest BCUT2D eigenvalue weighted by Crippen LogP contribution is -2.06. The average molecular weight is 217 g/mol. The summed E-state index contributed by atoms with van der Waals surface area (Å²) < 4.78 is 0. The van der Waals surface area contributed by atoms with E-state index >= 15 is 0 Å². The fraction of sp³-hybridized carbons (Fsp3) is 0.308. The van der Waals surface area contributed by atoms with E-state index in [4.69, 9.17) is 0 Å². The minimum atomic E-state index is 0.427.